The van der Waals surface area contributed by atoms with Gasteiger partial charge in [0.15, 0.2) is 0 Å². The molecule has 0 bridgehead atoms. The summed E-state index contributed by atoms with van der Waals surface area (Å²) in [6, 6.07) is 10.1. The summed E-state index contributed by atoms with van der Waals surface area (Å²) in [4.78, 5) is 15.9. The summed E-state index contributed by atoms with van der Waals surface area (Å²) in [7, 11) is 0. The monoisotopic (exact) mass is 347 g/mol. The van der Waals surface area contributed by atoms with Gasteiger partial charge in [-0.3, -0.25) is 9.89 Å². The Hall–Kier alpha value is -3.36. The second kappa shape index (κ2) is 6.27. The van der Waals surface area contributed by atoms with Crippen LogP contribution in [0.15, 0.2) is 48.7 Å². The van der Waals surface area contributed by atoms with Crippen LogP contribution in [0.4, 0.5) is 24.7 Å². The van der Waals surface area contributed by atoms with Gasteiger partial charge in [-0.15, -0.1) is 0 Å². The van der Waals surface area contributed by atoms with Crippen LogP contribution in [0.1, 0.15) is 16.1 Å². The van der Waals surface area contributed by atoms with E-state index >= 15 is 0 Å². The van der Waals surface area contributed by atoms with Crippen LogP contribution in [-0.4, -0.2) is 21.1 Å². The summed E-state index contributed by atoms with van der Waals surface area (Å²) in [6.45, 7) is 0. The number of benzene rings is 1. The molecule has 0 aliphatic heterocycles. The van der Waals surface area contributed by atoms with Gasteiger partial charge in [0, 0.05) is 23.0 Å². The van der Waals surface area contributed by atoms with Crippen molar-refractivity contribution >= 4 is 17.4 Å². The molecule has 4 N–H and O–H groups in total. The average Bonchev–Trinajstić information content (AvgIpc) is 3.06. The Morgan fingerprint density at radius 1 is 1.12 bits per heavy atom. The maximum atomic E-state index is 12.6. The van der Waals surface area contributed by atoms with E-state index in [1.807, 2.05) is 5.10 Å². The van der Waals surface area contributed by atoms with Gasteiger partial charge in [0.2, 0.25) is 0 Å². The van der Waals surface area contributed by atoms with E-state index < -0.39 is 11.9 Å². The number of aromatic nitrogens is 3. The minimum absolute atomic E-state index is 0.159. The fraction of sp³-hybridized carbons (Fsp3) is 0.0625. The Balaban J connectivity index is 1.74. The van der Waals surface area contributed by atoms with Crippen LogP contribution in [0.25, 0.3) is 11.3 Å². The maximum absolute atomic E-state index is 12.6. The molecule has 0 radical (unpaired) electrons. The van der Waals surface area contributed by atoms with Crippen molar-refractivity contribution in [1.29, 1.82) is 0 Å². The van der Waals surface area contributed by atoms with Crippen LogP contribution >= 0.6 is 0 Å². The molecule has 0 fully saturated rings. The number of hydrogen-bond acceptors (Lipinski definition) is 4. The Morgan fingerprint density at radius 3 is 2.44 bits per heavy atom. The lowest BCUT2D eigenvalue weighted by Crippen LogP contribution is -2.12. The van der Waals surface area contributed by atoms with Crippen LogP contribution in [0.3, 0.4) is 0 Å². The number of carbonyl (C=O) groups is 1. The third-order valence-corrected chi connectivity index (χ3v) is 3.37. The van der Waals surface area contributed by atoms with Gasteiger partial charge in [0.25, 0.3) is 5.91 Å². The zero-order valence-corrected chi connectivity index (χ0v) is 12.6. The summed E-state index contributed by atoms with van der Waals surface area (Å²) in [5.41, 5.74) is 6.08. The molecule has 0 unspecified atom stereocenters. The first-order chi connectivity index (χ1) is 11.8. The smallest absolute Gasteiger partial charge is 0.384 e. The molecular weight excluding hydrogens is 335 g/mol. The SMILES string of the molecule is Nc1cc(C(=O)Nc2ccc(-c3cc(C(F)(F)F)[nH]n3)cc2)ccn1. The quantitative estimate of drug-likeness (QED) is 0.677. The highest BCUT2D eigenvalue weighted by atomic mass is 19.4. The molecule has 0 spiro atoms. The van der Waals surface area contributed by atoms with Gasteiger partial charge in [-0.05, 0) is 30.3 Å². The fourth-order valence-electron chi connectivity index (χ4n) is 2.13. The number of pyridine rings is 1. The van der Waals surface area contributed by atoms with Gasteiger partial charge >= 0.3 is 6.18 Å². The standard InChI is InChI=1S/C16H12F3N5O/c17-16(18,19)13-8-12(23-24-13)9-1-3-11(4-2-9)22-15(25)10-5-6-21-14(20)7-10/h1-8H,(H2,20,21)(H,22,25)(H,23,24). The van der Waals surface area contributed by atoms with Crippen molar-refractivity contribution in [3.05, 3.63) is 59.9 Å². The van der Waals surface area contributed by atoms with Gasteiger partial charge in [0.05, 0.1) is 5.69 Å². The number of carbonyl (C=O) groups excluding carboxylic acids is 1. The number of rotatable bonds is 3. The van der Waals surface area contributed by atoms with Gasteiger partial charge in [-0.1, -0.05) is 12.1 Å². The summed E-state index contributed by atoms with van der Waals surface area (Å²) >= 11 is 0. The molecule has 6 nitrogen and oxygen atoms in total. The second-order valence-corrected chi connectivity index (χ2v) is 5.17. The van der Waals surface area contributed by atoms with Crippen molar-refractivity contribution in [3.8, 4) is 11.3 Å². The number of nitrogens with one attached hydrogen (secondary N) is 2. The molecule has 1 amide bonds. The van der Waals surface area contributed by atoms with E-state index in [1.165, 1.54) is 18.3 Å². The molecule has 0 atom stereocenters. The minimum atomic E-state index is -4.48. The molecule has 2 aromatic heterocycles. The number of H-pyrrole nitrogens is 1. The summed E-state index contributed by atoms with van der Waals surface area (Å²) in [5.74, 6) is -0.150. The van der Waals surface area contributed by atoms with Crippen molar-refractivity contribution in [2.75, 3.05) is 11.1 Å². The molecule has 9 heteroatoms. The highest BCUT2D eigenvalue weighted by Crippen LogP contribution is 2.30. The Bertz CT molecular complexity index is 903. The molecule has 0 saturated carbocycles. The summed E-state index contributed by atoms with van der Waals surface area (Å²) in [6.07, 6.45) is -3.06. The number of alkyl halides is 3. The lowest BCUT2D eigenvalue weighted by Gasteiger charge is -2.06. The van der Waals surface area contributed by atoms with Crippen molar-refractivity contribution in [3.63, 3.8) is 0 Å². The first-order valence-electron chi connectivity index (χ1n) is 7.09. The van der Waals surface area contributed by atoms with Gasteiger partial charge in [-0.25, -0.2) is 4.98 Å². The molecule has 0 aliphatic rings. The number of nitrogens with two attached hydrogens (primary N) is 1. The molecular formula is C16H12F3N5O. The van der Waals surface area contributed by atoms with Crippen molar-refractivity contribution in [2.24, 2.45) is 0 Å². The summed E-state index contributed by atoms with van der Waals surface area (Å²) < 4.78 is 37.7. The molecule has 25 heavy (non-hydrogen) atoms. The predicted octanol–water partition coefficient (Wildman–Crippen LogP) is 3.33. The lowest BCUT2D eigenvalue weighted by molar-refractivity contribution is -0.141. The topological polar surface area (TPSA) is 96.7 Å². The molecule has 2 heterocycles. The molecule has 1 aromatic carbocycles. The Kier molecular flexibility index (Phi) is 4.14. The third-order valence-electron chi connectivity index (χ3n) is 3.37. The second-order valence-electron chi connectivity index (χ2n) is 5.17. The lowest BCUT2D eigenvalue weighted by atomic mass is 10.1. The van der Waals surface area contributed by atoms with E-state index in [2.05, 4.69) is 15.4 Å². The van der Waals surface area contributed by atoms with E-state index in [0.29, 0.717) is 16.8 Å². The summed E-state index contributed by atoms with van der Waals surface area (Å²) in [5, 5.41) is 8.27. The average molecular weight is 347 g/mol. The van der Waals surface area contributed by atoms with Crippen molar-refractivity contribution < 1.29 is 18.0 Å². The number of hydrogen-bond donors (Lipinski definition) is 3. The number of nitrogen functional groups attached to an aromatic ring is 1. The molecule has 3 aromatic rings. The highest BCUT2D eigenvalue weighted by Gasteiger charge is 2.33. The van der Waals surface area contributed by atoms with Crippen molar-refractivity contribution in [2.45, 2.75) is 6.18 Å². The molecule has 128 valence electrons. The van der Waals surface area contributed by atoms with Crippen LogP contribution in [-0.2, 0) is 6.18 Å². The minimum Gasteiger partial charge on any atom is -0.384 e. The molecule has 0 aliphatic carbocycles. The fourth-order valence-corrected chi connectivity index (χ4v) is 2.13. The normalized spacial score (nSPS) is 11.3. The zero-order valence-electron chi connectivity index (χ0n) is 12.6. The largest absolute Gasteiger partial charge is 0.432 e. The van der Waals surface area contributed by atoms with Gasteiger partial charge < -0.3 is 11.1 Å². The predicted molar refractivity (Wildman–Crippen MR) is 85.6 cm³/mol. The number of nitrogens with zero attached hydrogens (tertiary/aromatic N) is 2. The molecule has 0 saturated heterocycles. The Morgan fingerprint density at radius 2 is 1.84 bits per heavy atom. The zero-order chi connectivity index (χ0) is 18.0. The van der Waals surface area contributed by atoms with Gasteiger partial charge in [-0.2, -0.15) is 18.3 Å². The van der Waals surface area contributed by atoms with E-state index in [9.17, 15) is 18.0 Å². The number of aromatic amines is 1. The number of anilines is 2. The van der Waals surface area contributed by atoms with Crippen LogP contribution in [0.5, 0.6) is 0 Å². The Labute approximate surface area is 139 Å². The third kappa shape index (κ3) is 3.77. The number of halogens is 3. The van der Waals surface area contributed by atoms with Crippen LogP contribution in [0, 0.1) is 0 Å². The maximum Gasteiger partial charge on any atom is 0.432 e. The van der Waals surface area contributed by atoms with Gasteiger partial charge in [0.1, 0.15) is 11.5 Å². The van der Waals surface area contributed by atoms with E-state index in [4.69, 9.17) is 5.73 Å². The van der Waals surface area contributed by atoms with E-state index in [0.717, 1.165) is 6.07 Å². The van der Waals surface area contributed by atoms with Crippen LogP contribution < -0.4 is 11.1 Å². The van der Waals surface area contributed by atoms with Crippen molar-refractivity contribution in [1.82, 2.24) is 15.2 Å². The first kappa shape index (κ1) is 16.5. The van der Waals surface area contributed by atoms with Crippen LogP contribution in [0.2, 0.25) is 0 Å². The molecule has 3 rings (SSSR count). The first-order valence-corrected chi connectivity index (χ1v) is 7.09. The van der Waals surface area contributed by atoms with E-state index in [1.54, 1.807) is 24.3 Å². The number of amides is 1. The highest BCUT2D eigenvalue weighted by molar-refractivity contribution is 6.04. The van der Waals surface area contributed by atoms with E-state index in [-0.39, 0.29) is 17.4 Å².